The molecular weight excluding hydrogens is 218 g/mol. The van der Waals surface area contributed by atoms with Gasteiger partial charge in [-0.15, -0.1) is 0 Å². The molecule has 1 unspecified atom stereocenters. The number of sulfone groups is 1. The van der Waals surface area contributed by atoms with Crippen molar-refractivity contribution in [2.24, 2.45) is 0 Å². The number of carbonyl (C=O) groups is 1. The summed E-state index contributed by atoms with van der Waals surface area (Å²) >= 11 is 0. The summed E-state index contributed by atoms with van der Waals surface area (Å²) in [5.74, 6) is -1.60. The molecule has 0 saturated carbocycles. The molecule has 82 valence electrons. The van der Waals surface area contributed by atoms with E-state index in [0.717, 1.165) is 0 Å². The Morgan fingerprint density at radius 2 is 2.00 bits per heavy atom. The number of aliphatic carboxylic acids is 1. The van der Waals surface area contributed by atoms with Crippen molar-refractivity contribution in [1.29, 1.82) is 0 Å². The molecule has 5 nitrogen and oxygen atoms in total. The smallest absolute Gasteiger partial charge is 0.321 e. The van der Waals surface area contributed by atoms with Gasteiger partial charge >= 0.3 is 5.97 Å². The van der Waals surface area contributed by atoms with Crippen LogP contribution in [0, 0.1) is 0 Å². The molecule has 1 N–H and O–H groups in total. The number of nitrogens with zero attached hydrogens (tertiary/aromatic N) is 1. The van der Waals surface area contributed by atoms with E-state index in [4.69, 9.17) is 5.11 Å². The third kappa shape index (κ3) is 3.02. The Hall–Kier alpha value is -1.43. The van der Waals surface area contributed by atoms with Crippen LogP contribution in [0.15, 0.2) is 24.5 Å². The fraction of sp³-hybridized carbons (Fsp3) is 0.333. The molecule has 0 amide bonds. The lowest BCUT2D eigenvalue weighted by molar-refractivity contribution is -0.136. The van der Waals surface area contributed by atoms with E-state index in [-0.39, 0.29) is 5.75 Å². The zero-order valence-corrected chi connectivity index (χ0v) is 8.94. The second-order valence-corrected chi connectivity index (χ2v) is 5.46. The van der Waals surface area contributed by atoms with E-state index in [0.29, 0.717) is 5.56 Å². The highest BCUT2D eigenvalue weighted by molar-refractivity contribution is 7.91. The summed E-state index contributed by atoms with van der Waals surface area (Å²) in [4.78, 5) is 14.3. The summed E-state index contributed by atoms with van der Waals surface area (Å²) in [5, 5.41) is 7.22. The Bertz CT molecular complexity index is 440. The lowest BCUT2D eigenvalue weighted by Gasteiger charge is -2.07. The average molecular weight is 229 g/mol. The summed E-state index contributed by atoms with van der Waals surface area (Å²) in [6.07, 6.45) is 2.94. The average Bonchev–Trinajstić information content (AvgIpc) is 2.17. The molecule has 6 heteroatoms. The predicted molar refractivity (Wildman–Crippen MR) is 54.0 cm³/mol. The summed E-state index contributed by atoms with van der Waals surface area (Å²) in [5.41, 5.74) is 0.540. The van der Waals surface area contributed by atoms with Crippen LogP contribution in [0.25, 0.3) is 0 Å². The number of aromatic nitrogens is 1. The van der Waals surface area contributed by atoms with Gasteiger partial charge in [-0.05, 0) is 24.6 Å². The second-order valence-electron chi connectivity index (χ2n) is 3.14. The first-order valence-corrected chi connectivity index (χ1v) is 5.98. The third-order valence-electron chi connectivity index (χ3n) is 2.00. The van der Waals surface area contributed by atoms with Crippen molar-refractivity contribution in [3.05, 3.63) is 30.1 Å². The normalized spacial score (nSPS) is 13.4. The van der Waals surface area contributed by atoms with Gasteiger partial charge in [0.15, 0.2) is 15.1 Å². The molecule has 0 bridgehead atoms. The lowest BCUT2D eigenvalue weighted by atomic mass is 10.3. The van der Waals surface area contributed by atoms with Gasteiger partial charge in [-0.1, -0.05) is 0 Å². The number of hydrogen-bond acceptors (Lipinski definition) is 4. The Morgan fingerprint density at radius 3 is 2.47 bits per heavy atom. The summed E-state index contributed by atoms with van der Waals surface area (Å²) in [7, 11) is -3.64. The fourth-order valence-corrected chi connectivity index (χ4v) is 2.20. The van der Waals surface area contributed by atoms with E-state index in [1.165, 1.54) is 19.3 Å². The first-order valence-electron chi connectivity index (χ1n) is 4.27. The molecule has 0 spiro atoms. The first-order chi connectivity index (χ1) is 6.93. The molecule has 1 rings (SSSR count). The standard InChI is InChI=1S/C9H11NO4S/c1-7(9(11)12)15(13,14)6-8-2-4-10-5-3-8/h2-5,7H,6H2,1H3,(H,11,12). The maximum atomic E-state index is 11.5. The minimum absolute atomic E-state index is 0.275. The first kappa shape index (κ1) is 11.6. The molecule has 1 aromatic heterocycles. The number of pyridine rings is 1. The molecule has 0 saturated heterocycles. The van der Waals surface area contributed by atoms with Crippen molar-refractivity contribution in [1.82, 2.24) is 4.98 Å². The second kappa shape index (κ2) is 4.39. The Kier molecular flexibility index (Phi) is 3.41. The van der Waals surface area contributed by atoms with Gasteiger partial charge in [0.25, 0.3) is 0 Å². The van der Waals surface area contributed by atoms with Crippen LogP contribution in [0.1, 0.15) is 12.5 Å². The van der Waals surface area contributed by atoms with E-state index in [2.05, 4.69) is 4.98 Å². The van der Waals surface area contributed by atoms with E-state index in [9.17, 15) is 13.2 Å². The molecule has 0 radical (unpaired) electrons. The molecule has 1 aromatic rings. The Morgan fingerprint density at radius 1 is 1.47 bits per heavy atom. The van der Waals surface area contributed by atoms with Crippen molar-refractivity contribution in [3.8, 4) is 0 Å². The molecule has 1 heterocycles. The number of hydrogen-bond donors (Lipinski definition) is 1. The quantitative estimate of drug-likeness (QED) is 0.811. The lowest BCUT2D eigenvalue weighted by Crippen LogP contribution is -2.28. The van der Waals surface area contributed by atoms with Crippen molar-refractivity contribution in [3.63, 3.8) is 0 Å². The summed E-state index contributed by atoms with van der Waals surface area (Å²) < 4.78 is 23.1. The van der Waals surface area contributed by atoms with E-state index >= 15 is 0 Å². The van der Waals surface area contributed by atoms with Crippen LogP contribution in [0.3, 0.4) is 0 Å². The van der Waals surface area contributed by atoms with Gasteiger partial charge in [0.05, 0.1) is 5.75 Å². The fourth-order valence-electron chi connectivity index (χ4n) is 0.990. The molecule has 0 aliphatic carbocycles. The Balaban J connectivity index is 2.87. The minimum atomic E-state index is -3.64. The van der Waals surface area contributed by atoms with Crippen LogP contribution in [0.2, 0.25) is 0 Å². The van der Waals surface area contributed by atoms with Crippen LogP contribution in [0.5, 0.6) is 0 Å². The van der Waals surface area contributed by atoms with Crippen LogP contribution in [-0.2, 0) is 20.4 Å². The van der Waals surface area contributed by atoms with Gasteiger partial charge in [0.1, 0.15) is 0 Å². The largest absolute Gasteiger partial charge is 0.480 e. The topological polar surface area (TPSA) is 84.3 Å². The number of rotatable bonds is 4. The van der Waals surface area contributed by atoms with Gasteiger partial charge in [0, 0.05) is 12.4 Å². The van der Waals surface area contributed by atoms with Crippen LogP contribution < -0.4 is 0 Å². The van der Waals surface area contributed by atoms with Crippen molar-refractivity contribution in [2.75, 3.05) is 0 Å². The monoisotopic (exact) mass is 229 g/mol. The summed E-state index contributed by atoms with van der Waals surface area (Å²) in [6, 6.07) is 3.10. The molecule has 0 aromatic carbocycles. The molecule has 0 aliphatic rings. The maximum Gasteiger partial charge on any atom is 0.321 e. The van der Waals surface area contributed by atoms with Crippen molar-refractivity contribution < 1.29 is 18.3 Å². The van der Waals surface area contributed by atoms with Gasteiger partial charge < -0.3 is 5.11 Å². The van der Waals surface area contributed by atoms with Crippen LogP contribution in [0.4, 0.5) is 0 Å². The van der Waals surface area contributed by atoms with Crippen LogP contribution in [-0.4, -0.2) is 29.7 Å². The molecule has 1 atom stereocenters. The van der Waals surface area contributed by atoms with Crippen LogP contribution >= 0.6 is 0 Å². The zero-order valence-electron chi connectivity index (χ0n) is 8.12. The van der Waals surface area contributed by atoms with Crippen molar-refractivity contribution in [2.45, 2.75) is 17.9 Å². The van der Waals surface area contributed by atoms with E-state index < -0.39 is 21.1 Å². The van der Waals surface area contributed by atoms with Gasteiger partial charge in [-0.25, -0.2) is 8.42 Å². The highest BCUT2D eigenvalue weighted by atomic mass is 32.2. The zero-order chi connectivity index (χ0) is 11.5. The number of carboxylic acid groups (broad SMARTS) is 1. The van der Waals surface area contributed by atoms with E-state index in [1.807, 2.05) is 0 Å². The molecular formula is C9H11NO4S. The molecule has 0 aliphatic heterocycles. The predicted octanol–water partition coefficient (Wildman–Crippen LogP) is 0.469. The SMILES string of the molecule is CC(C(=O)O)S(=O)(=O)Cc1ccncc1. The Labute approximate surface area is 87.7 Å². The number of carboxylic acids is 1. The minimum Gasteiger partial charge on any atom is -0.480 e. The maximum absolute atomic E-state index is 11.5. The van der Waals surface area contributed by atoms with Gasteiger partial charge in [-0.2, -0.15) is 0 Å². The summed E-state index contributed by atoms with van der Waals surface area (Å²) in [6.45, 7) is 1.17. The highest BCUT2D eigenvalue weighted by Crippen LogP contribution is 2.10. The van der Waals surface area contributed by atoms with Gasteiger partial charge in [-0.3, -0.25) is 9.78 Å². The molecule has 15 heavy (non-hydrogen) atoms. The highest BCUT2D eigenvalue weighted by Gasteiger charge is 2.27. The van der Waals surface area contributed by atoms with E-state index in [1.54, 1.807) is 12.1 Å². The van der Waals surface area contributed by atoms with Crippen molar-refractivity contribution >= 4 is 15.8 Å². The molecule has 0 fully saturated rings. The third-order valence-corrected chi connectivity index (χ3v) is 4.02. The van der Waals surface area contributed by atoms with Gasteiger partial charge in [0.2, 0.25) is 0 Å².